The first-order chi connectivity index (χ1) is 11.5. The van der Waals surface area contributed by atoms with E-state index in [0.717, 1.165) is 5.56 Å². The predicted octanol–water partition coefficient (Wildman–Crippen LogP) is 2.12. The molecule has 0 aliphatic carbocycles. The SMILES string of the molecule is CCCc1[nH]nc(C(=O)NCCC(O)c2ccccc2)c1[N+](=O)[O-]. The van der Waals surface area contributed by atoms with E-state index in [0.29, 0.717) is 25.0 Å². The van der Waals surface area contributed by atoms with Crippen molar-refractivity contribution in [1.29, 1.82) is 0 Å². The summed E-state index contributed by atoms with van der Waals surface area (Å²) in [4.78, 5) is 22.7. The van der Waals surface area contributed by atoms with Gasteiger partial charge in [-0.25, -0.2) is 0 Å². The number of aliphatic hydroxyl groups excluding tert-OH is 1. The molecule has 24 heavy (non-hydrogen) atoms. The van der Waals surface area contributed by atoms with Gasteiger partial charge in [-0.05, 0) is 18.4 Å². The Bertz CT molecular complexity index is 699. The molecule has 1 unspecified atom stereocenters. The Labute approximate surface area is 139 Å². The summed E-state index contributed by atoms with van der Waals surface area (Å²) in [6, 6.07) is 9.08. The number of aliphatic hydroxyl groups is 1. The molecule has 0 aliphatic heterocycles. The van der Waals surface area contributed by atoms with Gasteiger partial charge in [0.2, 0.25) is 5.69 Å². The number of carbonyl (C=O) groups excluding carboxylic acids is 1. The maximum Gasteiger partial charge on any atom is 0.322 e. The van der Waals surface area contributed by atoms with E-state index in [4.69, 9.17) is 0 Å². The van der Waals surface area contributed by atoms with Gasteiger partial charge in [0, 0.05) is 6.54 Å². The van der Waals surface area contributed by atoms with Crippen LogP contribution in [0.5, 0.6) is 0 Å². The molecule has 0 fully saturated rings. The van der Waals surface area contributed by atoms with Crippen LogP contribution in [-0.4, -0.2) is 32.7 Å². The molecule has 8 nitrogen and oxygen atoms in total. The molecule has 0 spiro atoms. The van der Waals surface area contributed by atoms with E-state index in [9.17, 15) is 20.0 Å². The first-order valence-corrected chi connectivity index (χ1v) is 7.77. The number of carbonyl (C=O) groups is 1. The van der Waals surface area contributed by atoms with Gasteiger partial charge >= 0.3 is 5.69 Å². The quantitative estimate of drug-likeness (QED) is 0.505. The van der Waals surface area contributed by atoms with Crippen molar-refractivity contribution in [2.45, 2.75) is 32.3 Å². The largest absolute Gasteiger partial charge is 0.388 e. The Balaban J connectivity index is 1.97. The van der Waals surface area contributed by atoms with Gasteiger partial charge in [0.05, 0.1) is 11.0 Å². The third-order valence-electron chi connectivity index (χ3n) is 3.60. The second-order valence-electron chi connectivity index (χ2n) is 5.38. The lowest BCUT2D eigenvalue weighted by Gasteiger charge is -2.11. The number of nitro groups is 1. The Morgan fingerprint density at radius 3 is 2.75 bits per heavy atom. The van der Waals surface area contributed by atoms with Crippen LogP contribution in [0.1, 0.15) is 47.6 Å². The molecule has 1 amide bonds. The number of nitrogens with one attached hydrogen (secondary N) is 2. The highest BCUT2D eigenvalue weighted by atomic mass is 16.6. The molecule has 0 aliphatic rings. The summed E-state index contributed by atoms with van der Waals surface area (Å²) in [5.41, 5.74) is 0.593. The average Bonchev–Trinajstić information content (AvgIpc) is 3.00. The number of benzene rings is 1. The van der Waals surface area contributed by atoms with Crippen molar-refractivity contribution in [2.24, 2.45) is 0 Å². The molecule has 128 valence electrons. The predicted molar refractivity (Wildman–Crippen MR) is 87.6 cm³/mol. The standard InChI is InChI=1S/C16H20N4O4/c1-2-6-12-15(20(23)24)14(19-18-12)16(22)17-10-9-13(21)11-7-4-3-5-8-11/h3-5,7-8,13,21H,2,6,9-10H2,1H3,(H,17,22)(H,18,19). The Kier molecular flexibility index (Phi) is 6.02. The summed E-state index contributed by atoms with van der Waals surface area (Å²) in [5, 5.41) is 30.1. The number of aromatic amines is 1. The van der Waals surface area contributed by atoms with Gasteiger partial charge in [-0.3, -0.25) is 20.0 Å². The Hall–Kier alpha value is -2.74. The smallest absolute Gasteiger partial charge is 0.322 e. The van der Waals surface area contributed by atoms with Crippen LogP contribution in [0, 0.1) is 10.1 Å². The lowest BCUT2D eigenvalue weighted by atomic mass is 10.1. The van der Waals surface area contributed by atoms with Crippen molar-refractivity contribution in [3.05, 3.63) is 57.4 Å². The number of rotatable bonds is 8. The van der Waals surface area contributed by atoms with E-state index in [1.54, 1.807) is 12.1 Å². The second-order valence-corrected chi connectivity index (χ2v) is 5.38. The molecule has 0 bridgehead atoms. The maximum atomic E-state index is 12.1. The van der Waals surface area contributed by atoms with Crippen molar-refractivity contribution in [3.8, 4) is 0 Å². The lowest BCUT2D eigenvalue weighted by molar-refractivity contribution is -0.385. The fourth-order valence-electron chi connectivity index (χ4n) is 2.40. The van der Waals surface area contributed by atoms with Gasteiger partial charge in [-0.1, -0.05) is 43.7 Å². The highest BCUT2D eigenvalue weighted by Gasteiger charge is 2.28. The van der Waals surface area contributed by atoms with E-state index in [1.165, 1.54) is 0 Å². The zero-order chi connectivity index (χ0) is 17.5. The molecule has 0 saturated carbocycles. The van der Waals surface area contributed by atoms with Crippen molar-refractivity contribution >= 4 is 11.6 Å². The fraction of sp³-hybridized carbons (Fsp3) is 0.375. The van der Waals surface area contributed by atoms with Crippen LogP contribution in [-0.2, 0) is 6.42 Å². The number of H-pyrrole nitrogens is 1. The highest BCUT2D eigenvalue weighted by Crippen LogP contribution is 2.22. The van der Waals surface area contributed by atoms with Gasteiger partial charge in [-0.2, -0.15) is 5.10 Å². The topological polar surface area (TPSA) is 121 Å². The van der Waals surface area contributed by atoms with Crippen LogP contribution in [0.3, 0.4) is 0 Å². The van der Waals surface area contributed by atoms with Crippen LogP contribution >= 0.6 is 0 Å². The van der Waals surface area contributed by atoms with E-state index < -0.39 is 16.9 Å². The molecule has 0 radical (unpaired) electrons. The van der Waals surface area contributed by atoms with Crippen LogP contribution in [0.4, 0.5) is 5.69 Å². The maximum absolute atomic E-state index is 12.1. The van der Waals surface area contributed by atoms with Crippen molar-refractivity contribution < 1.29 is 14.8 Å². The van der Waals surface area contributed by atoms with Crippen LogP contribution < -0.4 is 5.32 Å². The normalized spacial score (nSPS) is 11.9. The summed E-state index contributed by atoms with van der Waals surface area (Å²) in [5.74, 6) is -0.624. The number of aryl methyl sites for hydroxylation is 1. The number of nitrogens with zero attached hydrogens (tertiary/aromatic N) is 2. The molecule has 1 atom stereocenters. The second kappa shape index (κ2) is 8.21. The average molecular weight is 332 g/mol. The number of hydrogen-bond acceptors (Lipinski definition) is 5. The van der Waals surface area contributed by atoms with Crippen molar-refractivity contribution in [2.75, 3.05) is 6.54 Å². The lowest BCUT2D eigenvalue weighted by Crippen LogP contribution is -2.26. The van der Waals surface area contributed by atoms with Gasteiger partial charge in [-0.15, -0.1) is 0 Å². The molecule has 8 heteroatoms. The van der Waals surface area contributed by atoms with Gasteiger partial charge < -0.3 is 10.4 Å². The molecule has 2 rings (SSSR count). The Morgan fingerprint density at radius 2 is 2.12 bits per heavy atom. The zero-order valence-corrected chi connectivity index (χ0v) is 13.4. The summed E-state index contributed by atoms with van der Waals surface area (Å²) in [7, 11) is 0. The van der Waals surface area contributed by atoms with E-state index >= 15 is 0 Å². The molecule has 3 N–H and O–H groups in total. The molecule has 2 aromatic rings. The molecule has 1 aromatic carbocycles. The van der Waals surface area contributed by atoms with E-state index in [-0.39, 0.29) is 17.9 Å². The summed E-state index contributed by atoms with van der Waals surface area (Å²) in [6.07, 6.45) is 0.739. The van der Waals surface area contributed by atoms with E-state index in [2.05, 4.69) is 15.5 Å². The molecular weight excluding hydrogens is 312 g/mol. The molecule has 1 heterocycles. The number of hydrogen-bond donors (Lipinski definition) is 3. The summed E-state index contributed by atoms with van der Waals surface area (Å²) in [6.45, 7) is 2.07. The highest BCUT2D eigenvalue weighted by molar-refractivity contribution is 5.96. The zero-order valence-electron chi connectivity index (χ0n) is 13.4. The molecular formula is C16H20N4O4. The third-order valence-corrected chi connectivity index (χ3v) is 3.60. The summed E-state index contributed by atoms with van der Waals surface area (Å²) >= 11 is 0. The number of aromatic nitrogens is 2. The van der Waals surface area contributed by atoms with Crippen molar-refractivity contribution in [3.63, 3.8) is 0 Å². The van der Waals surface area contributed by atoms with Crippen LogP contribution in [0.15, 0.2) is 30.3 Å². The minimum absolute atomic E-state index is 0.183. The minimum atomic E-state index is -0.712. The first-order valence-electron chi connectivity index (χ1n) is 7.77. The molecule has 1 aromatic heterocycles. The van der Waals surface area contributed by atoms with Gasteiger partial charge in [0.15, 0.2) is 0 Å². The monoisotopic (exact) mass is 332 g/mol. The molecule has 0 saturated heterocycles. The third kappa shape index (κ3) is 4.17. The van der Waals surface area contributed by atoms with E-state index in [1.807, 2.05) is 25.1 Å². The minimum Gasteiger partial charge on any atom is -0.388 e. The van der Waals surface area contributed by atoms with Gasteiger partial charge in [0.25, 0.3) is 5.91 Å². The van der Waals surface area contributed by atoms with Crippen LogP contribution in [0.25, 0.3) is 0 Å². The fourth-order valence-corrected chi connectivity index (χ4v) is 2.40. The Morgan fingerprint density at radius 1 is 1.42 bits per heavy atom. The van der Waals surface area contributed by atoms with Gasteiger partial charge in [0.1, 0.15) is 5.69 Å². The van der Waals surface area contributed by atoms with Crippen molar-refractivity contribution in [1.82, 2.24) is 15.5 Å². The number of amides is 1. The van der Waals surface area contributed by atoms with Crippen LogP contribution in [0.2, 0.25) is 0 Å². The summed E-state index contributed by atoms with van der Waals surface area (Å²) < 4.78 is 0. The first kappa shape index (κ1) is 17.6.